The van der Waals surface area contributed by atoms with Gasteiger partial charge in [0.15, 0.2) is 0 Å². The molecule has 0 amide bonds. The van der Waals surface area contributed by atoms with Gasteiger partial charge in [-0.2, -0.15) is 0 Å². The van der Waals surface area contributed by atoms with E-state index in [9.17, 15) is 4.39 Å². The number of hydrogen-bond acceptors (Lipinski definition) is 4. The minimum Gasteiger partial charge on any atom is -0.457 e. The molecule has 9 rings (SSSR count). The number of para-hydroxylation sites is 3. The topological polar surface area (TPSA) is 33.5 Å². The minimum atomic E-state index is -0.259. The molecule has 6 heteroatoms. The number of aromatic nitrogens is 2. The molecule has 0 aliphatic carbocycles. The molecule has 0 saturated heterocycles. The predicted molar refractivity (Wildman–Crippen MR) is 207 cm³/mol. The van der Waals surface area contributed by atoms with Crippen LogP contribution >= 0.6 is 0 Å². The Morgan fingerprint density at radius 3 is 2.24 bits per heavy atom. The number of pyridine rings is 1. The van der Waals surface area contributed by atoms with E-state index in [0.717, 1.165) is 74.0 Å². The fourth-order valence-corrected chi connectivity index (χ4v) is 7.35. The molecule has 1 aliphatic heterocycles. The van der Waals surface area contributed by atoms with Gasteiger partial charge in [0.1, 0.15) is 29.8 Å². The van der Waals surface area contributed by atoms with Gasteiger partial charge >= 0.3 is 0 Å². The van der Waals surface area contributed by atoms with E-state index >= 15 is 0 Å². The number of hydrogen-bond donors (Lipinski definition) is 0. The molecule has 0 fully saturated rings. The summed E-state index contributed by atoms with van der Waals surface area (Å²) >= 11 is 0. The van der Waals surface area contributed by atoms with Gasteiger partial charge in [-0.05, 0) is 108 Å². The summed E-state index contributed by atoms with van der Waals surface area (Å²) < 4.78 is 23.4. The first-order valence-corrected chi connectivity index (χ1v) is 17.3. The molecule has 0 N–H and O–H groups in total. The largest absolute Gasteiger partial charge is 0.457 e. The van der Waals surface area contributed by atoms with Crippen LogP contribution in [0.1, 0.15) is 18.1 Å². The van der Waals surface area contributed by atoms with Crippen molar-refractivity contribution in [3.63, 3.8) is 0 Å². The summed E-state index contributed by atoms with van der Waals surface area (Å²) in [4.78, 5) is 9.21. The summed E-state index contributed by atoms with van der Waals surface area (Å²) in [5, 5.41) is 2.31. The molecule has 0 spiro atoms. The highest BCUT2D eigenvalue weighted by atomic mass is 19.1. The lowest BCUT2D eigenvalue weighted by Crippen LogP contribution is -2.24. The van der Waals surface area contributed by atoms with E-state index < -0.39 is 0 Å². The zero-order valence-electron chi connectivity index (χ0n) is 28.4. The number of aryl methyl sites for hydroxylation is 2. The first-order valence-electron chi connectivity index (χ1n) is 17.3. The molecule has 2 aromatic heterocycles. The van der Waals surface area contributed by atoms with Crippen molar-refractivity contribution in [2.45, 2.75) is 20.3 Å². The van der Waals surface area contributed by atoms with Crippen molar-refractivity contribution in [3.05, 3.63) is 169 Å². The van der Waals surface area contributed by atoms with Crippen LogP contribution in [0.2, 0.25) is 0 Å². The Morgan fingerprint density at radius 2 is 1.41 bits per heavy atom. The van der Waals surface area contributed by atoms with Crippen molar-refractivity contribution in [3.8, 4) is 28.4 Å². The predicted octanol–water partition coefficient (Wildman–Crippen LogP) is 11.9. The third-order valence-electron chi connectivity index (χ3n) is 9.85. The molecule has 51 heavy (non-hydrogen) atoms. The number of anilines is 4. The Balaban J connectivity index is 1.17. The van der Waals surface area contributed by atoms with Crippen molar-refractivity contribution in [2.24, 2.45) is 0 Å². The molecule has 0 atom stereocenters. The number of halogens is 1. The number of fused-ring (bicyclic) bond motifs is 4. The van der Waals surface area contributed by atoms with Crippen LogP contribution < -0.4 is 14.5 Å². The van der Waals surface area contributed by atoms with E-state index in [1.807, 2.05) is 30.5 Å². The number of ether oxygens (including phenoxy) is 1. The first kappa shape index (κ1) is 30.6. The summed E-state index contributed by atoms with van der Waals surface area (Å²) in [6.45, 7) is 4.82. The standard InChI is InChI=1S/C45H35FN4O/c1-3-31-21-22-47-45(23-31)50-41-16-7-6-15-39(41)40-20-19-36(28-44(40)50)51-37-25-32(38-14-5-4-11-30(38)2)24-35(27-37)49-29-48(34-13-10-12-33(46)26-34)42-17-8-9-18-43(42)49/h4-28H,3,29H2,1-2H3. The highest BCUT2D eigenvalue weighted by Gasteiger charge is 2.29. The first-order chi connectivity index (χ1) is 25.0. The van der Waals surface area contributed by atoms with Gasteiger partial charge in [0.25, 0.3) is 0 Å². The Morgan fingerprint density at radius 1 is 0.647 bits per heavy atom. The molecule has 0 saturated carbocycles. The van der Waals surface area contributed by atoms with Gasteiger partial charge in [0.05, 0.1) is 22.4 Å². The van der Waals surface area contributed by atoms with Crippen LogP contribution in [0.5, 0.6) is 11.5 Å². The zero-order chi connectivity index (χ0) is 34.5. The van der Waals surface area contributed by atoms with Crippen molar-refractivity contribution in [1.29, 1.82) is 0 Å². The summed E-state index contributed by atoms with van der Waals surface area (Å²) in [5.74, 6) is 2.08. The van der Waals surface area contributed by atoms with Gasteiger partial charge in [0.2, 0.25) is 0 Å². The lowest BCUT2D eigenvalue weighted by atomic mass is 9.99. The average molecular weight is 667 g/mol. The van der Waals surface area contributed by atoms with Gasteiger partial charge in [-0.3, -0.25) is 4.57 Å². The van der Waals surface area contributed by atoms with Crippen molar-refractivity contribution in [1.82, 2.24) is 9.55 Å². The molecule has 0 radical (unpaired) electrons. The maximum atomic E-state index is 14.4. The van der Waals surface area contributed by atoms with E-state index in [1.165, 1.54) is 22.6 Å². The van der Waals surface area contributed by atoms with Gasteiger partial charge in [-0.15, -0.1) is 0 Å². The summed E-state index contributed by atoms with van der Waals surface area (Å²) in [7, 11) is 0. The van der Waals surface area contributed by atoms with E-state index in [1.54, 1.807) is 12.1 Å². The Bertz CT molecular complexity index is 2590. The van der Waals surface area contributed by atoms with Crippen LogP contribution in [-0.2, 0) is 6.42 Å². The van der Waals surface area contributed by atoms with E-state index in [2.05, 4.69) is 131 Å². The molecule has 6 aromatic carbocycles. The lowest BCUT2D eigenvalue weighted by Gasteiger charge is -2.23. The normalized spacial score (nSPS) is 12.5. The van der Waals surface area contributed by atoms with Crippen molar-refractivity contribution >= 4 is 44.6 Å². The summed E-state index contributed by atoms with van der Waals surface area (Å²) in [6.07, 6.45) is 2.82. The smallest absolute Gasteiger partial charge is 0.137 e. The Labute approximate surface area is 296 Å². The minimum absolute atomic E-state index is 0.259. The zero-order valence-corrected chi connectivity index (χ0v) is 28.4. The second-order valence-electron chi connectivity index (χ2n) is 13.0. The van der Waals surface area contributed by atoms with E-state index in [0.29, 0.717) is 6.67 Å². The fraction of sp³-hybridized carbons (Fsp3) is 0.0889. The molecule has 8 aromatic rings. The van der Waals surface area contributed by atoms with Crippen molar-refractivity contribution in [2.75, 3.05) is 16.5 Å². The lowest BCUT2D eigenvalue weighted by molar-refractivity contribution is 0.483. The molecule has 3 heterocycles. The van der Waals surface area contributed by atoms with Crippen LogP contribution in [0.3, 0.4) is 0 Å². The quantitative estimate of drug-likeness (QED) is 0.170. The number of benzene rings is 6. The maximum absolute atomic E-state index is 14.4. The number of rotatable bonds is 7. The molecule has 1 aliphatic rings. The third kappa shape index (κ3) is 5.46. The van der Waals surface area contributed by atoms with Crippen LogP contribution in [0.4, 0.5) is 27.1 Å². The van der Waals surface area contributed by atoms with Gasteiger partial charge in [0, 0.05) is 40.5 Å². The summed E-state index contributed by atoms with van der Waals surface area (Å²) in [5.41, 5.74) is 10.6. The maximum Gasteiger partial charge on any atom is 0.137 e. The second-order valence-corrected chi connectivity index (χ2v) is 13.0. The highest BCUT2D eigenvalue weighted by Crippen LogP contribution is 2.46. The molecule has 248 valence electrons. The van der Waals surface area contributed by atoms with Gasteiger partial charge in [-0.25, -0.2) is 9.37 Å². The fourth-order valence-electron chi connectivity index (χ4n) is 7.35. The van der Waals surface area contributed by atoms with Crippen LogP contribution in [-0.4, -0.2) is 16.2 Å². The Hall–Kier alpha value is -6.40. The van der Waals surface area contributed by atoms with Crippen LogP contribution in [0.25, 0.3) is 38.8 Å². The second kappa shape index (κ2) is 12.5. The molecule has 0 unspecified atom stereocenters. The van der Waals surface area contributed by atoms with E-state index in [4.69, 9.17) is 9.72 Å². The van der Waals surface area contributed by atoms with Crippen LogP contribution in [0.15, 0.2) is 152 Å². The van der Waals surface area contributed by atoms with E-state index in [-0.39, 0.29) is 5.82 Å². The molecular formula is C45H35FN4O. The number of nitrogens with zero attached hydrogens (tertiary/aromatic N) is 4. The van der Waals surface area contributed by atoms with Crippen molar-refractivity contribution < 1.29 is 9.13 Å². The SMILES string of the molecule is CCc1ccnc(-n2c3ccccc3c3ccc(Oc4cc(-c5ccccc5C)cc(N5CN(c6cccc(F)c6)c6ccccc65)c4)cc32)c1. The average Bonchev–Trinajstić information content (AvgIpc) is 3.71. The summed E-state index contributed by atoms with van der Waals surface area (Å²) in [6, 6.07) is 48.9. The third-order valence-corrected chi connectivity index (χ3v) is 9.85. The molecular weight excluding hydrogens is 632 g/mol. The molecule has 0 bridgehead atoms. The van der Waals surface area contributed by atoms with Crippen LogP contribution in [0, 0.1) is 12.7 Å². The monoisotopic (exact) mass is 666 g/mol. The molecule has 5 nitrogen and oxygen atoms in total. The van der Waals surface area contributed by atoms with Gasteiger partial charge < -0.3 is 14.5 Å². The Kier molecular flexibility index (Phi) is 7.50. The van der Waals surface area contributed by atoms with Gasteiger partial charge in [-0.1, -0.05) is 67.6 Å². The highest BCUT2D eigenvalue weighted by molar-refractivity contribution is 6.09.